The van der Waals surface area contributed by atoms with Crippen molar-refractivity contribution < 1.29 is 9.90 Å². The van der Waals surface area contributed by atoms with Gasteiger partial charge in [0.2, 0.25) is 5.91 Å². The maximum Gasteiger partial charge on any atom is 0.249 e. The Kier molecular flexibility index (Phi) is 5.62. The number of benzene rings is 1. The van der Waals surface area contributed by atoms with Gasteiger partial charge in [-0.05, 0) is 56.6 Å². The minimum absolute atomic E-state index is 0.142. The van der Waals surface area contributed by atoms with Crippen molar-refractivity contribution in [1.29, 1.82) is 0 Å². The molecule has 3 nitrogen and oxygen atoms in total. The number of rotatable bonds is 4. The first kappa shape index (κ1) is 17.5. The fraction of sp³-hybridized carbons (Fsp3) is 0.550. The molecule has 4 heteroatoms. The third kappa shape index (κ3) is 3.84. The SMILES string of the molecule is O=C(C1=CCCCC1)N1CCC(CO)(Cc2ccccc2Cl)CC1. The van der Waals surface area contributed by atoms with Crippen LogP contribution in [0, 0.1) is 5.41 Å². The monoisotopic (exact) mass is 347 g/mol. The number of piperidine rings is 1. The number of nitrogens with zero attached hydrogens (tertiary/aromatic N) is 1. The minimum Gasteiger partial charge on any atom is -0.396 e. The highest BCUT2D eigenvalue weighted by Crippen LogP contribution is 2.37. The Labute approximate surface area is 149 Å². The molecular formula is C20H26ClNO2. The van der Waals surface area contributed by atoms with Crippen LogP contribution in [0.4, 0.5) is 0 Å². The zero-order chi connectivity index (χ0) is 17.0. The van der Waals surface area contributed by atoms with Gasteiger partial charge in [-0.25, -0.2) is 0 Å². The molecule has 1 aliphatic heterocycles. The van der Waals surface area contributed by atoms with E-state index in [0.717, 1.165) is 67.8 Å². The summed E-state index contributed by atoms with van der Waals surface area (Å²) in [5.74, 6) is 0.207. The van der Waals surface area contributed by atoms with E-state index in [1.54, 1.807) is 0 Å². The third-order valence-corrected chi connectivity index (χ3v) is 5.90. The Morgan fingerprint density at radius 3 is 2.58 bits per heavy atom. The van der Waals surface area contributed by atoms with Gasteiger partial charge in [0.1, 0.15) is 0 Å². The Morgan fingerprint density at radius 2 is 1.96 bits per heavy atom. The summed E-state index contributed by atoms with van der Waals surface area (Å²) in [5, 5.41) is 10.8. The van der Waals surface area contributed by atoms with Crippen LogP contribution in [0.25, 0.3) is 0 Å². The summed E-state index contributed by atoms with van der Waals surface area (Å²) in [6.45, 7) is 1.59. The number of aliphatic hydroxyl groups is 1. The molecule has 0 atom stereocenters. The molecule has 1 N–H and O–H groups in total. The number of allylic oxidation sites excluding steroid dienone is 1. The van der Waals surface area contributed by atoms with E-state index in [-0.39, 0.29) is 17.9 Å². The lowest BCUT2D eigenvalue weighted by Gasteiger charge is -2.41. The molecule has 0 bridgehead atoms. The number of hydrogen-bond donors (Lipinski definition) is 1. The topological polar surface area (TPSA) is 40.5 Å². The van der Waals surface area contributed by atoms with Gasteiger partial charge in [-0.2, -0.15) is 0 Å². The smallest absolute Gasteiger partial charge is 0.249 e. The molecule has 1 fully saturated rings. The fourth-order valence-corrected chi connectivity index (χ4v) is 4.06. The Hall–Kier alpha value is -1.32. The lowest BCUT2D eigenvalue weighted by molar-refractivity contribution is -0.130. The summed E-state index contributed by atoms with van der Waals surface area (Å²) in [7, 11) is 0. The van der Waals surface area contributed by atoms with Crippen molar-refractivity contribution in [2.24, 2.45) is 5.41 Å². The Morgan fingerprint density at radius 1 is 1.21 bits per heavy atom. The van der Waals surface area contributed by atoms with Crippen molar-refractivity contribution in [2.75, 3.05) is 19.7 Å². The quantitative estimate of drug-likeness (QED) is 0.894. The Balaban J connectivity index is 1.64. The zero-order valence-corrected chi connectivity index (χ0v) is 14.9. The molecule has 1 amide bonds. The van der Waals surface area contributed by atoms with Crippen LogP contribution in [-0.2, 0) is 11.2 Å². The average Bonchev–Trinajstić information content (AvgIpc) is 2.64. The number of carbonyl (C=O) groups excluding carboxylic acids is 1. The van der Waals surface area contributed by atoms with E-state index in [9.17, 15) is 9.90 Å². The van der Waals surface area contributed by atoms with Gasteiger partial charge in [-0.1, -0.05) is 35.9 Å². The van der Waals surface area contributed by atoms with Crippen LogP contribution in [-0.4, -0.2) is 35.6 Å². The molecule has 1 aromatic rings. The molecule has 24 heavy (non-hydrogen) atoms. The number of likely N-dealkylation sites (tertiary alicyclic amines) is 1. The van der Waals surface area contributed by atoms with Crippen molar-refractivity contribution in [3.63, 3.8) is 0 Å². The summed E-state index contributed by atoms with van der Waals surface area (Å²) in [4.78, 5) is 14.6. The second-order valence-corrected chi connectivity index (χ2v) is 7.60. The van der Waals surface area contributed by atoms with Crippen molar-refractivity contribution >= 4 is 17.5 Å². The molecule has 130 valence electrons. The molecule has 0 aromatic heterocycles. The van der Waals surface area contributed by atoms with Gasteiger partial charge in [-0.15, -0.1) is 0 Å². The van der Waals surface area contributed by atoms with E-state index in [0.29, 0.717) is 0 Å². The van der Waals surface area contributed by atoms with Crippen molar-refractivity contribution in [3.05, 3.63) is 46.5 Å². The predicted molar refractivity (Wildman–Crippen MR) is 97.0 cm³/mol. The van der Waals surface area contributed by atoms with Crippen LogP contribution >= 0.6 is 11.6 Å². The van der Waals surface area contributed by atoms with Gasteiger partial charge >= 0.3 is 0 Å². The molecule has 0 unspecified atom stereocenters. The number of aliphatic hydroxyl groups excluding tert-OH is 1. The van der Waals surface area contributed by atoms with Crippen LogP contribution in [0.1, 0.15) is 44.1 Å². The van der Waals surface area contributed by atoms with Crippen LogP contribution in [0.3, 0.4) is 0 Å². The summed E-state index contributed by atoms with van der Waals surface area (Å²) in [5.41, 5.74) is 1.91. The Bertz CT molecular complexity index is 618. The van der Waals surface area contributed by atoms with Crippen LogP contribution in [0.5, 0.6) is 0 Å². The molecule has 1 saturated heterocycles. The van der Waals surface area contributed by atoms with E-state index in [1.807, 2.05) is 29.2 Å². The second-order valence-electron chi connectivity index (χ2n) is 7.19. The van der Waals surface area contributed by atoms with E-state index >= 15 is 0 Å². The molecule has 0 spiro atoms. The van der Waals surface area contributed by atoms with Crippen molar-refractivity contribution in [1.82, 2.24) is 4.90 Å². The van der Waals surface area contributed by atoms with Crippen LogP contribution in [0.15, 0.2) is 35.9 Å². The molecule has 3 rings (SSSR count). The lowest BCUT2D eigenvalue weighted by atomic mass is 9.74. The highest BCUT2D eigenvalue weighted by Gasteiger charge is 2.36. The lowest BCUT2D eigenvalue weighted by Crippen LogP contribution is -2.46. The fourth-order valence-electron chi connectivity index (χ4n) is 3.86. The molecule has 1 heterocycles. The number of hydrogen-bond acceptors (Lipinski definition) is 2. The molecule has 2 aliphatic rings. The van der Waals surface area contributed by atoms with Gasteiger partial charge in [0.25, 0.3) is 0 Å². The summed E-state index contributed by atoms with van der Waals surface area (Å²) < 4.78 is 0. The number of carbonyl (C=O) groups is 1. The molecular weight excluding hydrogens is 322 g/mol. The van der Waals surface area contributed by atoms with Gasteiger partial charge in [-0.3, -0.25) is 4.79 Å². The standard InChI is InChI=1S/C20H26ClNO2/c21-18-9-5-4-8-17(18)14-20(15-23)10-12-22(13-11-20)19(24)16-6-2-1-3-7-16/h4-6,8-9,23H,1-3,7,10-15H2. The van der Waals surface area contributed by atoms with Gasteiger partial charge < -0.3 is 10.0 Å². The van der Waals surface area contributed by atoms with Gasteiger partial charge in [0, 0.05) is 35.7 Å². The highest BCUT2D eigenvalue weighted by atomic mass is 35.5. The first-order chi connectivity index (χ1) is 11.6. The first-order valence-corrected chi connectivity index (χ1v) is 9.34. The van der Waals surface area contributed by atoms with Crippen molar-refractivity contribution in [2.45, 2.75) is 44.9 Å². The zero-order valence-electron chi connectivity index (χ0n) is 14.1. The van der Waals surface area contributed by atoms with Gasteiger partial charge in [0.05, 0.1) is 0 Å². The largest absolute Gasteiger partial charge is 0.396 e. The summed E-state index contributed by atoms with van der Waals surface area (Å²) in [6.07, 6.45) is 8.81. The van der Waals surface area contributed by atoms with E-state index in [4.69, 9.17) is 11.6 Å². The van der Waals surface area contributed by atoms with Crippen molar-refractivity contribution in [3.8, 4) is 0 Å². The molecule has 1 aromatic carbocycles. The predicted octanol–water partition coefficient (Wildman–Crippen LogP) is 3.98. The maximum absolute atomic E-state index is 12.6. The average molecular weight is 348 g/mol. The summed E-state index contributed by atoms with van der Waals surface area (Å²) in [6, 6.07) is 7.84. The summed E-state index contributed by atoms with van der Waals surface area (Å²) >= 11 is 6.29. The van der Waals surface area contributed by atoms with E-state index < -0.39 is 0 Å². The van der Waals surface area contributed by atoms with Crippen LogP contribution < -0.4 is 0 Å². The first-order valence-electron chi connectivity index (χ1n) is 8.96. The normalized spacial score (nSPS) is 20.6. The third-order valence-electron chi connectivity index (χ3n) is 5.54. The van der Waals surface area contributed by atoms with Crippen LogP contribution in [0.2, 0.25) is 5.02 Å². The molecule has 0 saturated carbocycles. The second kappa shape index (κ2) is 7.71. The minimum atomic E-state index is -0.164. The number of halogens is 1. The maximum atomic E-state index is 12.6. The van der Waals surface area contributed by atoms with E-state index in [1.165, 1.54) is 6.42 Å². The van der Waals surface area contributed by atoms with Gasteiger partial charge in [0.15, 0.2) is 0 Å². The highest BCUT2D eigenvalue weighted by molar-refractivity contribution is 6.31. The molecule has 1 aliphatic carbocycles. The van der Waals surface area contributed by atoms with E-state index in [2.05, 4.69) is 6.08 Å². The number of amides is 1. The molecule has 0 radical (unpaired) electrons.